The second-order valence-corrected chi connectivity index (χ2v) is 7.19. The number of benzene rings is 1. The third-order valence-electron chi connectivity index (χ3n) is 4.49. The van der Waals surface area contributed by atoms with Crippen molar-refractivity contribution in [3.8, 4) is 17.0 Å². The first-order valence-corrected chi connectivity index (χ1v) is 8.68. The first-order chi connectivity index (χ1) is 12.0. The fraction of sp³-hybridized carbons (Fsp3) is 0.375. The van der Waals surface area contributed by atoms with Gasteiger partial charge in [0, 0.05) is 24.7 Å². The Hall–Kier alpha value is -2.23. The van der Waals surface area contributed by atoms with Crippen LogP contribution in [0.3, 0.4) is 0 Å². The number of nitrogens with zero attached hydrogens (tertiary/aromatic N) is 4. The lowest BCUT2D eigenvalue weighted by Crippen LogP contribution is -2.46. The van der Waals surface area contributed by atoms with Crippen molar-refractivity contribution in [3.05, 3.63) is 30.2 Å². The summed E-state index contributed by atoms with van der Waals surface area (Å²) in [5.41, 5.74) is 7.00. The van der Waals surface area contributed by atoms with Crippen LogP contribution in [0.15, 0.2) is 24.4 Å². The molecule has 0 radical (unpaired) electrons. The topological polar surface area (TPSA) is 88.9 Å². The number of nitrogens with two attached hydrogens (primary N) is 1. The largest absolute Gasteiger partial charge is 0.496 e. The van der Waals surface area contributed by atoms with Gasteiger partial charge in [-0.2, -0.15) is 0 Å². The molecule has 132 valence electrons. The fourth-order valence-electron chi connectivity index (χ4n) is 3.06. The standard InChI is InChI=1S/C16H18FN5O2S/c1-24-13-6-10(17)2-3-11(13)12-7-19-14-22(12)20-15(25-14)21-5-4-16(18,8-21)9-23/h2-3,6-7,23H,4-5,8-9,18H2,1H3/t16-/m0/s1. The molecule has 0 spiro atoms. The van der Waals surface area contributed by atoms with Gasteiger partial charge in [0.05, 0.1) is 31.1 Å². The van der Waals surface area contributed by atoms with E-state index in [4.69, 9.17) is 10.5 Å². The van der Waals surface area contributed by atoms with Crippen molar-refractivity contribution in [3.63, 3.8) is 0 Å². The van der Waals surface area contributed by atoms with Gasteiger partial charge < -0.3 is 20.5 Å². The molecule has 3 heterocycles. The monoisotopic (exact) mass is 363 g/mol. The number of rotatable bonds is 4. The van der Waals surface area contributed by atoms with E-state index in [-0.39, 0.29) is 12.4 Å². The molecule has 0 bridgehead atoms. The molecule has 25 heavy (non-hydrogen) atoms. The smallest absolute Gasteiger partial charge is 0.214 e. The predicted octanol–water partition coefficient (Wildman–Crippen LogP) is 1.51. The van der Waals surface area contributed by atoms with Gasteiger partial charge in [-0.25, -0.2) is 13.9 Å². The third-order valence-corrected chi connectivity index (χ3v) is 5.47. The average Bonchev–Trinajstić information content (AvgIpc) is 3.29. The Morgan fingerprint density at radius 2 is 2.32 bits per heavy atom. The number of anilines is 1. The number of hydrogen-bond donors (Lipinski definition) is 2. The quantitative estimate of drug-likeness (QED) is 0.730. The number of hydrogen-bond acceptors (Lipinski definition) is 7. The van der Waals surface area contributed by atoms with Crippen LogP contribution in [0.1, 0.15) is 6.42 Å². The molecule has 0 unspecified atom stereocenters. The molecule has 0 saturated carbocycles. The van der Waals surface area contributed by atoms with Gasteiger partial charge in [-0.1, -0.05) is 11.3 Å². The number of halogens is 1. The van der Waals surface area contributed by atoms with Crippen LogP contribution < -0.4 is 15.4 Å². The van der Waals surface area contributed by atoms with Crippen LogP contribution in [0.5, 0.6) is 5.75 Å². The Morgan fingerprint density at radius 1 is 1.48 bits per heavy atom. The maximum absolute atomic E-state index is 13.4. The Morgan fingerprint density at radius 3 is 3.04 bits per heavy atom. The summed E-state index contributed by atoms with van der Waals surface area (Å²) in [6, 6.07) is 4.38. The first-order valence-electron chi connectivity index (χ1n) is 7.86. The summed E-state index contributed by atoms with van der Waals surface area (Å²) in [6.07, 6.45) is 2.41. The summed E-state index contributed by atoms with van der Waals surface area (Å²) in [6.45, 7) is 1.24. The third kappa shape index (κ3) is 2.74. The van der Waals surface area contributed by atoms with Crippen LogP contribution >= 0.6 is 11.3 Å². The van der Waals surface area contributed by atoms with Crippen molar-refractivity contribution in [1.82, 2.24) is 14.6 Å². The van der Waals surface area contributed by atoms with Crippen LogP contribution in [0, 0.1) is 5.82 Å². The van der Waals surface area contributed by atoms with Crippen LogP contribution in [0.4, 0.5) is 9.52 Å². The number of ether oxygens (including phenoxy) is 1. The summed E-state index contributed by atoms with van der Waals surface area (Å²) < 4.78 is 20.5. The van der Waals surface area contributed by atoms with Gasteiger partial charge in [-0.05, 0) is 18.6 Å². The highest BCUT2D eigenvalue weighted by atomic mass is 32.1. The minimum Gasteiger partial charge on any atom is -0.496 e. The van der Waals surface area contributed by atoms with Gasteiger partial charge in [0.25, 0.3) is 0 Å². The highest BCUT2D eigenvalue weighted by molar-refractivity contribution is 7.20. The van der Waals surface area contributed by atoms with E-state index in [1.165, 1.54) is 30.6 Å². The molecule has 7 nitrogen and oxygen atoms in total. The molecule has 1 aliphatic heterocycles. The zero-order chi connectivity index (χ0) is 17.6. The maximum Gasteiger partial charge on any atom is 0.214 e. The predicted molar refractivity (Wildman–Crippen MR) is 93.6 cm³/mol. The number of methoxy groups -OCH3 is 1. The van der Waals surface area contributed by atoms with E-state index in [0.717, 1.165) is 27.9 Å². The van der Waals surface area contributed by atoms with Crippen LogP contribution in [0.25, 0.3) is 16.2 Å². The normalized spacial score (nSPS) is 20.6. The molecule has 0 aliphatic carbocycles. The van der Waals surface area contributed by atoms with Gasteiger partial charge >= 0.3 is 0 Å². The number of fused-ring (bicyclic) bond motifs is 1. The molecule has 1 atom stereocenters. The lowest BCUT2D eigenvalue weighted by Gasteiger charge is -2.21. The van der Waals surface area contributed by atoms with E-state index in [1.807, 2.05) is 0 Å². The molecular formula is C16H18FN5O2S. The summed E-state index contributed by atoms with van der Waals surface area (Å²) in [4.78, 5) is 7.19. The van der Waals surface area contributed by atoms with E-state index < -0.39 is 5.54 Å². The van der Waals surface area contributed by atoms with Crippen LogP contribution in [-0.2, 0) is 0 Å². The zero-order valence-corrected chi connectivity index (χ0v) is 14.5. The Balaban J connectivity index is 1.73. The second-order valence-electron chi connectivity index (χ2n) is 6.26. The van der Waals surface area contributed by atoms with E-state index in [2.05, 4.69) is 15.0 Å². The molecule has 2 aromatic heterocycles. The molecule has 3 aromatic rings. The summed E-state index contributed by atoms with van der Waals surface area (Å²) in [7, 11) is 1.50. The minimum absolute atomic E-state index is 0.0515. The lowest BCUT2D eigenvalue weighted by molar-refractivity contribution is 0.210. The number of aromatic nitrogens is 3. The maximum atomic E-state index is 13.4. The Bertz CT molecular complexity index is 927. The van der Waals surface area contributed by atoms with Crippen molar-refractivity contribution >= 4 is 21.4 Å². The molecule has 1 aliphatic rings. The van der Waals surface area contributed by atoms with Crippen molar-refractivity contribution in [2.24, 2.45) is 5.73 Å². The van der Waals surface area contributed by atoms with Gasteiger partial charge in [0.1, 0.15) is 11.6 Å². The fourth-order valence-corrected chi connectivity index (χ4v) is 3.96. The molecule has 1 fully saturated rings. The van der Waals surface area contributed by atoms with Crippen LogP contribution in [0.2, 0.25) is 0 Å². The number of aliphatic hydroxyl groups excluding tert-OH is 1. The molecule has 0 amide bonds. The minimum atomic E-state index is -0.587. The van der Waals surface area contributed by atoms with Gasteiger partial charge in [0.2, 0.25) is 10.1 Å². The number of aliphatic hydroxyl groups is 1. The van der Waals surface area contributed by atoms with Crippen LogP contribution in [-0.4, -0.2) is 52.0 Å². The van der Waals surface area contributed by atoms with E-state index in [1.54, 1.807) is 16.8 Å². The average molecular weight is 363 g/mol. The Kier molecular flexibility index (Phi) is 3.86. The van der Waals surface area contributed by atoms with Gasteiger partial charge in [0.15, 0.2) is 0 Å². The molecule has 1 aromatic carbocycles. The van der Waals surface area contributed by atoms with E-state index in [0.29, 0.717) is 18.7 Å². The SMILES string of the molecule is COc1cc(F)ccc1-c1cnc2sc(N3CC[C@@](N)(CO)C3)nn12. The second kappa shape index (κ2) is 5.94. The summed E-state index contributed by atoms with van der Waals surface area (Å²) in [5, 5.41) is 14.9. The van der Waals surface area contributed by atoms with Gasteiger partial charge in [-0.15, -0.1) is 5.10 Å². The molecule has 3 N–H and O–H groups in total. The Labute approximate surface area is 147 Å². The highest BCUT2D eigenvalue weighted by Gasteiger charge is 2.35. The molecular weight excluding hydrogens is 345 g/mol. The van der Waals surface area contributed by atoms with E-state index >= 15 is 0 Å². The summed E-state index contributed by atoms with van der Waals surface area (Å²) >= 11 is 1.45. The molecule has 9 heteroatoms. The summed E-state index contributed by atoms with van der Waals surface area (Å²) in [5.74, 6) is 0.0689. The van der Waals surface area contributed by atoms with Crippen molar-refractivity contribution in [1.29, 1.82) is 0 Å². The van der Waals surface area contributed by atoms with Crippen molar-refractivity contribution in [2.45, 2.75) is 12.0 Å². The molecule has 4 rings (SSSR count). The zero-order valence-electron chi connectivity index (χ0n) is 13.6. The van der Waals surface area contributed by atoms with Crippen molar-refractivity contribution < 1.29 is 14.2 Å². The van der Waals surface area contributed by atoms with E-state index in [9.17, 15) is 9.50 Å². The molecule has 1 saturated heterocycles. The number of imidazole rings is 1. The van der Waals surface area contributed by atoms with Crippen molar-refractivity contribution in [2.75, 3.05) is 31.7 Å². The van der Waals surface area contributed by atoms with Gasteiger partial charge in [-0.3, -0.25) is 0 Å². The lowest BCUT2D eigenvalue weighted by atomic mass is 10.0. The first kappa shape index (κ1) is 16.2. The highest BCUT2D eigenvalue weighted by Crippen LogP contribution is 2.34.